The molecular weight excluding hydrogens is 853 g/mol. The largest absolute Gasteiger partial charge is 0.490 e. The number of aryl methyl sites for hydroxylation is 1. The molecule has 4 rings (SSSR count). The number of rotatable bonds is 23. The van der Waals surface area contributed by atoms with Gasteiger partial charge >= 0.3 is 5.97 Å². The van der Waals surface area contributed by atoms with Gasteiger partial charge in [0.05, 0.1) is 0 Å². The van der Waals surface area contributed by atoms with Crippen LogP contribution in [0.15, 0.2) is 85.4 Å². The summed E-state index contributed by atoms with van der Waals surface area (Å²) in [6, 6.07) is 14.4. The summed E-state index contributed by atoms with van der Waals surface area (Å²) in [7, 11) is 0. The molecule has 2 aromatic carbocycles. The maximum Gasteiger partial charge on any atom is 0.333 e. The van der Waals surface area contributed by atoms with Crippen molar-refractivity contribution < 1.29 is 23.8 Å². The Morgan fingerprint density at radius 1 is 0.609 bits per heavy atom. The van der Waals surface area contributed by atoms with E-state index >= 15 is 0 Å². The first-order valence-corrected chi connectivity index (χ1v) is 26.5. The van der Waals surface area contributed by atoms with E-state index in [2.05, 4.69) is 156 Å². The highest BCUT2D eigenvalue weighted by atomic mass is 16.6. The van der Waals surface area contributed by atoms with E-state index in [0.717, 1.165) is 61.8 Å². The highest BCUT2D eigenvalue weighted by Gasteiger charge is 2.29. The second-order valence-corrected chi connectivity index (χ2v) is 25.4. The van der Waals surface area contributed by atoms with Gasteiger partial charge in [-0.25, -0.2) is 4.79 Å². The second kappa shape index (κ2) is 24.7. The Hall–Kier alpha value is -4.26. The van der Waals surface area contributed by atoms with Crippen molar-refractivity contribution in [3.8, 4) is 5.75 Å². The molecule has 0 aromatic heterocycles. The quantitative estimate of drug-likeness (QED) is 0.0652. The van der Waals surface area contributed by atoms with Crippen molar-refractivity contribution in [2.45, 2.75) is 227 Å². The van der Waals surface area contributed by atoms with Crippen LogP contribution in [0.5, 0.6) is 5.75 Å². The Balaban J connectivity index is 1.25. The van der Waals surface area contributed by atoms with Gasteiger partial charge < -0.3 is 24.8 Å². The number of esters is 1. The normalized spacial score (nSPS) is 20.0. The Morgan fingerprint density at radius 2 is 1.07 bits per heavy atom. The number of carbonyl (C=O) groups excluding carboxylic acids is 2. The van der Waals surface area contributed by atoms with E-state index in [1.54, 1.807) is 6.92 Å². The minimum Gasteiger partial charge on any atom is -0.490 e. The van der Waals surface area contributed by atoms with E-state index in [1.165, 1.54) is 72.8 Å². The molecule has 2 N–H and O–H groups in total. The lowest BCUT2D eigenvalue weighted by Gasteiger charge is -2.35. The molecule has 2 saturated carbocycles. The standard InChI is InChI=1S/C62H96N2O5/c1-41(2)57(65)30-25-45(19-20-48-33-49(59(7,8)9)35-50(34-48)60(10,11)12)31-43(5)63-53-26-21-46(22-27-53)32-47-23-28-54(29-24-47)64-44(6)69-56(40-68-58(66)42(3)4)39-67-55-37-51(61(13,14)15)36-52(38-55)62(16,17)18/h33-38,45-47,53-54,56,63-64H,1,3,5-6,19-32,39-40H2,2,4,7-18H3. The molecule has 7 nitrogen and oxygen atoms in total. The minimum atomic E-state index is -0.550. The lowest BCUT2D eigenvalue weighted by molar-refractivity contribution is -0.143. The van der Waals surface area contributed by atoms with Gasteiger partial charge in [0.25, 0.3) is 0 Å². The third kappa shape index (κ3) is 19.5. The van der Waals surface area contributed by atoms with Gasteiger partial charge in [-0.1, -0.05) is 127 Å². The molecular formula is C62H96N2O5. The fourth-order valence-electron chi connectivity index (χ4n) is 9.83. The summed E-state index contributed by atoms with van der Waals surface area (Å²) in [6.07, 6.45) is 14.5. The van der Waals surface area contributed by atoms with E-state index in [1.807, 2.05) is 6.92 Å². The number of Topliss-reactive ketones (excluding diaryl/α,β-unsaturated/α-hetero) is 1. The van der Waals surface area contributed by atoms with Crippen LogP contribution in [0.1, 0.15) is 208 Å². The molecule has 0 bridgehead atoms. The first kappa shape index (κ1) is 57.3. The van der Waals surface area contributed by atoms with Gasteiger partial charge in [-0.05, 0) is 189 Å². The van der Waals surface area contributed by atoms with Crippen LogP contribution in [0.2, 0.25) is 0 Å². The molecule has 2 atom stereocenters. The van der Waals surface area contributed by atoms with Crippen molar-refractivity contribution in [1.29, 1.82) is 0 Å². The fourth-order valence-corrected chi connectivity index (χ4v) is 9.83. The summed E-state index contributed by atoms with van der Waals surface area (Å²) in [5, 5.41) is 7.42. The predicted molar refractivity (Wildman–Crippen MR) is 290 cm³/mol. The van der Waals surface area contributed by atoms with Crippen molar-refractivity contribution >= 4 is 11.8 Å². The number of nitrogens with one attached hydrogen (secondary N) is 2. The van der Waals surface area contributed by atoms with E-state index in [9.17, 15) is 9.59 Å². The van der Waals surface area contributed by atoms with Crippen LogP contribution in [0.3, 0.4) is 0 Å². The van der Waals surface area contributed by atoms with Crippen LogP contribution in [0, 0.1) is 17.8 Å². The van der Waals surface area contributed by atoms with Crippen LogP contribution < -0.4 is 15.4 Å². The lowest BCUT2D eigenvalue weighted by atomic mass is 9.75. The first-order chi connectivity index (χ1) is 32.0. The highest BCUT2D eigenvalue weighted by molar-refractivity contribution is 5.94. The number of hydrogen-bond donors (Lipinski definition) is 2. The Labute approximate surface area is 421 Å². The number of hydrogen-bond acceptors (Lipinski definition) is 7. The molecule has 2 fully saturated rings. The van der Waals surface area contributed by atoms with Crippen LogP contribution in [0.25, 0.3) is 0 Å². The third-order valence-corrected chi connectivity index (χ3v) is 14.6. The molecule has 384 valence electrons. The number of ketones is 1. The van der Waals surface area contributed by atoms with Crippen molar-refractivity contribution in [2.24, 2.45) is 17.8 Å². The topological polar surface area (TPSA) is 85.9 Å². The van der Waals surface area contributed by atoms with Crippen molar-refractivity contribution in [2.75, 3.05) is 13.2 Å². The summed E-state index contributed by atoms with van der Waals surface area (Å²) < 4.78 is 18.3. The summed E-state index contributed by atoms with van der Waals surface area (Å²) >= 11 is 0. The first-order valence-electron chi connectivity index (χ1n) is 26.5. The smallest absolute Gasteiger partial charge is 0.333 e. The molecule has 0 saturated heterocycles. The van der Waals surface area contributed by atoms with Gasteiger partial charge in [0.15, 0.2) is 17.8 Å². The molecule has 2 unspecified atom stereocenters. The molecule has 2 aliphatic carbocycles. The highest BCUT2D eigenvalue weighted by Crippen LogP contribution is 2.38. The summed E-state index contributed by atoms with van der Waals surface area (Å²) in [6.45, 7) is 47.2. The zero-order valence-electron chi connectivity index (χ0n) is 46.1. The Bertz CT molecular complexity index is 1860. The molecule has 69 heavy (non-hydrogen) atoms. The monoisotopic (exact) mass is 949 g/mol. The molecule has 7 heteroatoms. The molecule has 2 aromatic rings. The number of ether oxygens (including phenoxy) is 3. The van der Waals surface area contributed by atoms with Crippen LogP contribution in [0.4, 0.5) is 0 Å². The van der Waals surface area contributed by atoms with E-state index < -0.39 is 12.1 Å². The third-order valence-electron chi connectivity index (χ3n) is 14.6. The average molecular weight is 949 g/mol. The second-order valence-electron chi connectivity index (χ2n) is 25.4. The van der Waals surface area contributed by atoms with Crippen LogP contribution >= 0.6 is 0 Å². The van der Waals surface area contributed by atoms with Gasteiger partial charge in [0.1, 0.15) is 19.0 Å². The molecule has 2 aliphatic rings. The number of carbonyl (C=O) groups is 2. The van der Waals surface area contributed by atoms with Gasteiger partial charge in [-0.15, -0.1) is 0 Å². The molecule has 0 aliphatic heterocycles. The number of benzene rings is 2. The maximum absolute atomic E-state index is 12.7. The SMILES string of the molecule is C=C(CC(CCC(=O)C(=C)C)CCc1cc(C(C)(C)C)cc(C(C)(C)C)c1)NC1CCC(CC2CCC(NC(=C)OC(COC(=O)C(=C)C)COc3cc(C(C)(C)C)cc(C(C)(C)C)c3)CC2)CC1. The molecule has 0 spiro atoms. The van der Waals surface area contributed by atoms with Crippen molar-refractivity contribution in [3.05, 3.63) is 113 Å². The number of allylic oxidation sites excluding steroid dienone is 2. The van der Waals surface area contributed by atoms with Gasteiger partial charge in [0, 0.05) is 29.8 Å². The van der Waals surface area contributed by atoms with Gasteiger partial charge in [-0.3, -0.25) is 4.79 Å². The predicted octanol–water partition coefficient (Wildman–Crippen LogP) is 15.0. The van der Waals surface area contributed by atoms with E-state index in [4.69, 9.17) is 14.2 Å². The fraction of sp³-hybridized carbons (Fsp3) is 0.645. The summed E-state index contributed by atoms with van der Waals surface area (Å²) in [5.74, 6) is 2.85. The summed E-state index contributed by atoms with van der Waals surface area (Å²) in [4.78, 5) is 25.1. The van der Waals surface area contributed by atoms with Crippen LogP contribution in [-0.2, 0) is 47.1 Å². The molecule has 0 radical (unpaired) electrons. The Morgan fingerprint density at radius 3 is 1.52 bits per heavy atom. The van der Waals surface area contributed by atoms with Crippen LogP contribution in [-0.4, -0.2) is 43.2 Å². The van der Waals surface area contributed by atoms with Gasteiger partial charge in [-0.2, -0.15) is 0 Å². The van der Waals surface area contributed by atoms with Gasteiger partial charge in [0.2, 0.25) is 0 Å². The van der Waals surface area contributed by atoms with Crippen molar-refractivity contribution in [1.82, 2.24) is 10.6 Å². The summed E-state index contributed by atoms with van der Waals surface area (Å²) in [5.41, 5.74) is 8.76. The lowest BCUT2D eigenvalue weighted by Crippen LogP contribution is -2.37. The molecule has 0 heterocycles. The zero-order chi connectivity index (χ0) is 51.5. The van der Waals surface area contributed by atoms with Crippen molar-refractivity contribution in [3.63, 3.8) is 0 Å². The molecule has 0 amide bonds. The Kier molecular flexibility index (Phi) is 20.5. The average Bonchev–Trinajstić information content (AvgIpc) is 3.25. The van der Waals surface area contributed by atoms with E-state index in [0.29, 0.717) is 35.4 Å². The minimum absolute atomic E-state index is 0.0285. The van der Waals surface area contributed by atoms with E-state index in [-0.39, 0.29) is 46.7 Å². The maximum atomic E-state index is 12.7. The zero-order valence-corrected chi connectivity index (χ0v) is 46.1.